The Morgan fingerprint density at radius 2 is 1.63 bits per heavy atom. The van der Waals surface area contributed by atoms with Crippen LogP contribution in [0, 0.1) is 20.8 Å². The second-order valence-electron chi connectivity index (χ2n) is 4.38. The fraction of sp³-hybridized carbons (Fsp3) is 0.231. The lowest BCUT2D eigenvalue weighted by molar-refractivity contribution is 1.10. The number of hydrogen-bond acceptors (Lipinski definition) is 5. The molecule has 1 aromatic carbocycles. The Morgan fingerprint density at radius 3 is 2.21 bits per heavy atom. The molecule has 0 aliphatic heterocycles. The van der Waals surface area contributed by atoms with Gasteiger partial charge in [-0.25, -0.2) is 15.8 Å². The van der Waals surface area contributed by atoms with Crippen molar-refractivity contribution in [2.45, 2.75) is 20.8 Å². The normalized spacial score (nSPS) is 10.4. The minimum atomic E-state index is 0.616. The van der Waals surface area contributed by atoms with Gasteiger partial charge in [0.15, 0.2) is 0 Å². The molecule has 1 heterocycles. The maximum atomic E-state index is 5.42. The average molecular weight is 322 g/mol. The fourth-order valence-corrected chi connectivity index (χ4v) is 2.63. The number of hydrogen-bond donors (Lipinski definition) is 3. The molecular weight excluding hydrogens is 306 g/mol. The monoisotopic (exact) mass is 321 g/mol. The zero-order valence-electron chi connectivity index (χ0n) is 11.1. The predicted octanol–water partition coefficient (Wildman–Crippen LogP) is 3.19. The molecule has 2 aromatic rings. The van der Waals surface area contributed by atoms with E-state index in [1.54, 1.807) is 0 Å². The molecule has 4 N–H and O–H groups in total. The lowest BCUT2D eigenvalue weighted by Crippen LogP contribution is -2.12. The molecular formula is C13H16BrN5. The van der Waals surface area contributed by atoms with E-state index in [9.17, 15) is 0 Å². The van der Waals surface area contributed by atoms with Crippen molar-refractivity contribution >= 4 is 33.3 Å². The first-order valence-electron chi connectivity index (χ1n) is 5.85. The summed E-state index contributed by atoms with van der Waals surface area (Å²) >= 11 is 3.49. The number of rotatable bonds is 3. The molecule has 0 saturated heterocycles. The number of nitrogens with two attached hydrogens (primary N) is 1. The summed E-state index contributed by atoms with van der Waals surface area (Å²) in [6, 6.07) is 4.13. The standard InChI is InChI=1S/C13H16BrN5/c1-7-4-10(14)5-8(2)11(7)18-12-9(3)13(19-15)17-6-16-12/h4-6H,15H2,1-3H3,(H2,16,17,18,19). The molecule has 0 spiro atoms. The van der Waals surface area contributed by atoms with E-state index in [4.69, 9.17) is 5.84 Å². The quantitative estimate of drug-likeness (QED) is 0.598. The fourth-order valence-electron chi connectivity index (χ4n) is 1.95. The van der Waals surface area contributed by atoms with Crippen molar-refractivity contribution in [1.29, 1.82) is 0 Å². The Morgan fingerprint density at radius 1 is 1.05 bits per heavy atom. The van der Waals surface area contributed by atoms with Crippen LogP contribution < -0.4 is 16.6 Å². The van der Waals surface area contributed by atoms with Gasteiger partial charge in [0.2, 0.25) is 0 Å². The molecule has 19 heavy (non-hydrogen) atoms. The maximum absolute atomic E-state index is 5.42. The van der Waals surface area contributed by atoms with Gasteiger partial charge < -0.3 is 10.7 Å². The first kappa shape index (κ1) is 13.8. The molecule has 0 aliphatic carbocycles. The van der Waals surface area contributed by atoms with Gasteiger partial charge in [0.25, 0.3) is 0 Å². The zero-order valence-corrected chi connectivity index (χ0v) is 12.7. The second kappa shape index (κ2) is 5.54. The van der Waals surface area contributed by atoms with E-state index in [1.165, 1.54) is 6.33 Å². The van der Waals surface area contributed by atoms with Crippen molar-refractivity contribution in [3.63, 3.8) is 0 Å². The van der Waals surface area contributed by atoms with Gasteiger partial charge in [-0.1, -0.05) is 15.9 Å². The third-order valence-corrected chi connectivity index (χ3v) is 3.42. The number of nitrogen functional groups attached to an aromatic ring is 1. The summed E-state index contributed by atoms with van der Waals surface area (Å²) in [5.41, 5.74) is 6.78. The smallest absolute Gasteiger partial charge is 0.148 e. The van der Waals surface area contributed by atoms with E-state index in [0.29, 0.717) is 5.82 Å². The number of nitrogens with zero attached hydrogens (tertiary/aromatic N) is 2. The van der Waals surface area contributed by atoms with Gasteiger partial charge in [-0.05, 0) is 44.0 Å². The van der Waals surface area contributed by atoms with Gasteiger partial charge in [-0.3, -0.25) is 0 Å². The predicted molar refractivity (Wildman–Crippen MR) is 81.5 cm³/mol. The van der Waals surface area contributed by atoms with Crippen LogP contribution in [0.2, 0.25) is 0 Å². The van der Waals surface area contributed by atoms with E-state index >= 15 is 0 Å². The average Bonchev–Trinajstić information content (AvgIpc) is 2.35. The highest BCUT2D eigenvalue weighted by Crippen LogP contribution is 2.29. The first-order chi connectivity index (χ1) is 9.02. The molecule has 0 unspecified atom stereocenters. The number of aryl methyl sites for hydroxylation is 2. The molecule has 0 atom stereocenters. The van der Waals surface area contributed by atoms with Crippen LogP contribution in [0.25, 0.3) is 0 Å². The van der Waals surface area contributed by atoms with E-state index in [0.717, 1.165) is 32.7 Å². The molecule has 0 radical (unpaired) electrons. The van der Waals surface area contributed by atoms with E-state index < -0.39 is 0 Å². The van der Waals surface area contributed by atoms with Crippen molar-refractivity contribution in [3.05, 3.63) is 39.6 Å². The van der Waals surface area contributed by atoms with Crippen LogP contribution in [0.4, 0.5) is 17.3 Å². The van der Waals surface area contributed by atoms with E-state index in [2.05, 4.69) is 62.6 Å². The summed E-state index contributed by atoms with van der Waals surface area (Å²) in [5.74, 6) is 6.78. The molecule has 0 aliphatic rings. The van der Waals surface area contributed by atoms with Crippen LogP contribution in [0.3, 0.4) is 0 Å². The van der Waals surface area contributed by atoms with Crippen molar-refractivity contribution in [2.75, 3.05) is 10.7 Å². The molecule has 0 fully saturated rings. The SMILES string of the molecule is Cc1cc(Br)cc(C)c1Nc1ncnc(NN)c1C. The lowest BCUT2D eigenvalue weighted by atomic mass is 10.1. The number of anilines is 3. The minimum absolute atomic E-state index is 0.616. The van der Waals surface area contributed by atoms with Crippen molar-refractivity contribution in [2.24, 2.45) is 5.84 Å². The molecule has 100 valence electrons. The summed E-state index contributed by atoms with van der Waals surface area (Å²) in [6.45, 7) is 6.03. The topological polar surface area (TPSA) is 75.9 Å². The summed E-state index contributed by atoms with van der Waals surface area (Å²) in [6.07, 6.45) is 1.48. The van der Waals surface area contributed by atoms with Gasteiger partial charge in [-0.15, -0.1) is 0 Å². The van der Waals surface area contributed by atoms with Crippen molar-refractivity contribution < 1.29 is 0 Å². The highest BCUT2D eigenvalue weighted by atomic mass is 79.9. The van der Waals surface area contributed by atoms with Crippen LogP contribution in [-0.4, -0.2) is 9.97 Å². The number of benzene rings is 1. The summed E-state index contributed by atoms with van der Waals surface area (Å²) < 4.78 is 1.07. The number of halogens is 1. The van der Waals surface area contributed by atoms with Gasteiger partial charge in [0.05, 0.1) is 0 Å². The van der Waals surface area contributed by atoms with Crippen LogP contribution >= 0.6 is 15.9 Å². The molecule has 5 nitrogen and oxygen atoms in total. The van der Waals surface area contributed by atoms with Gasteiger partial charge >= 0.3 is 0 Å². The minimum Gasteiger partial charge on any atom is -0.339 e. The largest absolute Gasteiger partial charge is 0.339 e. The maximum Gasteiger partial charge on any atom is 0.148 e. The third kappa shape index (κ3) is 2.85. The highest BCUT2D eigenvalue weighted by Gasteiger charge is 2.09. The van der Waals surface area contributed by atoms with Gasteiger partial charge in [-0.2, -0.15) is 0 Å². The number of aromatic nitrogens is 2. The Balaban J connectivity index is 2.42. The zero-order chi connectivity index (χ0) is 14.0. The Kier molecular flexibility index (Phi) is 4.01. The van der Waals surface area contributed by atoms with Crippen molar-refractivity contribution in [3.8, 4) is 0 Å². The summed E-state index contributed by atoms with van der Waals surface area (Å²) in [4.78, 5) is 8.32. The molecule has 2 rings (SSSR count). The third-order valence-electron chi connectivity index (χ3n) is 2.96. The molecule has 1 aromatic heterocycles. The lowest BCUT2D eigenvalue weighted by Gasteiger charge is -2.15. The van der Waals surface area contributed by atoms with Crippen LogP contribution in [0.5, 0.6) is 0 Å². The van der Waals surface area contributed by atoms with E-state index in [1.807, 2.05) is 6.92 Å². The summed E-state index contributed by atoms with van der Waals surface area (Å²) in [5, 5.41) is 3.34. The van der Waals surface area contributed by atoms with Crippen LogP contribution in [0.15, 0.2) is 22.9 Å². The van der Waals surface area contributed by atoms with Crippen molar-refractivity contribution in [1.82, 2.24) is 9.97 Å². The molecule has 6 heteroatoms. The molecule has 0 amide bonds. The van der Waals surface area contributed by atoms with Gasteiger partial charge in [0, 0.05) is 15.7 Å². The van der Waals surface area contributed by atoms with Crippen LogP contribution in [-0.2, 0) is 0 Å². The Labute approximate surface area is 120 Å². The number of nitrogens with one attached hydrogen (secondary N) is 2. The first-order valence-corrected chi connectivity index (χ1v) is 6.64. The Hall–Kier alpha value is -1.66. The second-order valence-corrected chi connectivity index (χ2v) is 5.30. The molecule has 0 bridgehead atoms. The highest BCUT2D eigenvalue weighted by molar-refractivity contribution is 9.10. The Bertz CT molecular complexity index is 589. The molecule has 0 saturated carbocycles. The van der Waals surface area contributed by atoms with E-state index in [-0.39, 0.29) is 0 Å². The van der Waals surface area contributed by atoms with Gasteiger partial charge in [0.1, 0.15) is 18.0 Å². The van der Waals surface area contributed by atoms with Crippen LogP contribution in [0.1, 0.15) is 16.7 Å². The number of hydrazine groups is 1. The summed E-state index contributed by atoms with van der Waals surface area (Å²) in [7, 11) is 0.